The van der Waals surface area contributed by atoms with Crippen molar-refractivity contribution in [2.24, 2.45) is 0 Å². The van der Waals surface area contributed by atoms with Crippen molar-refractivity contribution < 1.29 is 19.2 Å². The van der Waals surface area contributed by atoms with Gasteiger partial charge in [0.1, 0.15) is 11.8 Å². The molecule has 0 radical (unpaired) electrons. The number of ether oxygens (including phenoxy) is 1. The second-order valence-electron chi connectivity index (χ2n) is 6.61. The number of benzene rings is 3. The van der Waals surface area contributed by atoms with E-state index in [2.05, 4.69) is 5.32 Å². The number of nitrogens with zero attached hydrogens (tertiary/aromatic N) is 1. The fraction of sp³-hybridized carbons (Fsp3) is 0.0909. The van der Waals surface area contributed by atoms with Crippen molar-refractivity contribution in [1.29, 1.82) is 0 Å². The minimum atomic E-state index is -0.553. The van der Waals surface area contributed by atoms with Crippen LogP contribution < -0.4 is 5.32 Å². The van der Waals surface area contributed by atoms with E-state index in [-0.39, 0.29) is 11.4 Å². The number of carbonyl (C=O) groups is 2. The Morgan fingerprint density at radius 2 is 1.76 bits per heavy atom. The van der Waals surface area contributed by atoms with Crippen LogP contribution in [0.25, 0.3) is 0 Å². The molecule has 0 saturated heterocycles. The lowest BCUT2D eigenvalue weighted by atomic mass is 9.93. The number of carbonyl (C=O) groups excluding carboxylic acids is 2. The number of hydrogen-bond donors (Lipinski definition) is 1. The number of hydrogen-bond acceptors (Lipinski definition) is 5. The van der Waals surface area contributed by atoms with Gasteiger partial charge in [-0.3, -0.25) is 14.9 Å². The first kappa shape index (κ1) is 18.4. The van der Waals surface area contributed by atoms with Crippen molar-refractivity contribution >= 4 is 23.3 Å². The highest BCUT2D eigenvalue weighted by Crippen LogP contribution is 2.31. The van der Waals surface area contributed by atoms with Gasteiger partial charge >= 0.3 is 5.97 Å². The van der Waals surface area contributed by atoms with Gasteiger partial charge in [-0.15, -0.1) is 0 Å². The quantitative estimate of drug-likeness (QED) is 0.408. The average Bonchev–Trinajstić information content (AvgIpc) is 2.74. The smallest absolute Gasteiger partial charge is 0.339 e. The minimum Gasteiger partial charge on any atom is -0.454 e. The SMILES string of the molecule is O=C(Nc1ccccc1[N+](=O)[O-])c1ccc2c(c1)C[C@@H](c1ccccc1)OC2=O. The number of rotatable bonds is 4. The number of fused-ring (bicyclic) bond motifs is 1. The molecule has 4 rings (SSSR count). The summed E-state index contributed by atoms with van der Waals surface area (Å²) in [6.07, 6.45) is 0.0160. The first-order chi connectivity index (χ1) is 14.0. The normalized spacial score (nSPS) is 15.2. The number of esters is 1. The van der Waals surface area contributed by atoms with Crippen LogP contribution in [-0.2, 0) is 11.2 Å². The van der Waals surface area contributed by atoms with Crippen LogP contribution in [-0.4, -0.2) is 16.8 Å². The second kappa shape index (κ2) is 7.55. The van der Waals surface area contributed by atoms with Crippen molar-refractivity contribution in [3.05, 3.63) is 105 Å². The van der Waals surface area contributed by atoms with E-state index >= 15 is 0 Å². The maximum absolute atomic E-state index is 12.7. The fourth-order valence-electron chi connectivity index (χ4n) is 3.32. The molecule has 3 aromatic carbocycles. The third-order valence-corrected chi connectivity index (χ3v) is 4.76. The molecular formula is C22H16N2O5. The van der Waals surface area contributed by atoms with Crippen LogP contribution in [0.3, 0.4) is 0 Å². The number of anilines is 1. The summed E-state index contributed by atoms with van der Waals surface area (Å²) in [7, 11) is 0. The van der Waals surface area contributed by atoms with Gasteiger partial charge in [0, 0.05) is 18.1 Å². The van der Waals surface area contributed by atoms with Crippen molar-refractivity contribution in [2.45, 2.75) is 12.5 Å². The molecular weight excluding hydrogens is 372 g/mol. The Morgan fingerprint density at radius 1 is 1.03 bits per heavy atom. The van der Waals surface area contributed by atoms with E-state index < -0.39 is 22.9 Å². The third-order valence-electron chi connectivity index (χ3n) is 4.76. The van der Waals surface area contributed by atoms with Gasteiger partial charge in [-0.1, -0.05) is 42.5 Å². The van der Waals surface area contributed by atoms with Gasteiger partial charge in [0.15, 0.2) is 0 Å². The largest absolute Gasteiger partial charge is 0.454 e. The monoisotopic (exact) mass is 388 g/mol. The lowest BCUT2D eigenvalue weighted by Gasteiger charge is -2.25. The molecule has 0 aliphatic carbocycles. The van der Waals surface area contributed by atoms with E-state index in [1.807, 2.05) is 30.3 Å². The Bertz CT molecular complexity index is 1110. The summed E-state index contributed by atoms with van der Waals surface area (Å²) < 4.78 is 5.52. The van der Waals surface area contributed by atoms with E-state index in [0.717, 1.165) is 5.56 Å². The molecule has 1 heterocycles. The molecule has 1 aliphatic rings. The van der Waals surface area contributed by atoms with Gasteiger partial charge in [0.25, 0.3) is 11.6 Å². The maximum Gasteiger partial charge on any atom is 0.339 e. The van der Waals surface area contributed by atoms with Crippen LogP contribution in [0.2, 0.25) is 0 Å². The predicted octanol–water partition coefficient (Wildman–Crippen LogP) is 4.30. The van der Waals surface area contributed by atoms with E-state index in [4.69, 9.17) is 4.74 Å². The Morgan fingerprint density at radius 3 is 2.52 bits per heavy atom. The third kappa shape index (κ3) is 3.70. The molecule has 0 spiro atoms. The molecule has 0 unspecified atom stereocenters. The molecule has 29 heavy (non-hydrogen) atoms. The Kier molecular flexibility index (Phi) is 4.78. The molecule has 0 fully saturated rings. The van der Waals surface area contributed by atoms with Crippen LogP contribution in [0.15, 0.2) is 72.8 Å². The summed E-state index contributed by atoms with van der Waals surface area (Å²) in [6.45, 7) is 0. The van der Waals surface area contributed by atoms with E-state index in [1.165, 1.54) is 24.3 Å². The summed E-state index contributed by atoms with van der Waals surface area (Å²) in [5, 5.41) is 13.7. The highest BCUT2D eigenvalue weighted by Gasteiger charge is 2.28. The highest BCUT2D eigenvalue weighted by atomic mass is 16.6. The van der Waals surface area contributed by atoms with Gasteiger partial charge in [0.05, 0.1) is 10.5 Å². The first-order valence-corrected chi connectivity index (χ1v) is 8.96. The Balaban J connectivity index is 1.61. The number of nitrogens with one attached hydrogen (secondary N) is 1. The zero-order chi connectivity index (χ0) is 20.4. The summed E-state index contributed by atoms with van der Waals surface area (Å²) in [4.78, 5) is 35.6. The van der Waals surface area contributed by atoms with Crippen LogP contribution in [0.5, 0.6) is 0 Å². The molecule has 7 heteroatoms. The average molecular weight is 388 g/mol. The van der Waals surface area contributed by atoms with Gasteiger partial charge < -0.3 is 10.1 Å². The van der Waals surface area contributed by atoms with Gasteiger partial charge in [-0.05, 0) is 35.4 Å². The molecule has 7 nitrogen and oxygen atoms in total. The zero-order valence-corrected chi connectivity index (χ0v) is 15.2. The molecule has 144 valence electrons. The molecule has 1 aliphatic heterocycles. The summed E-state index contributed by atoms with van der Waals surface area (Å²) in [5.74, 6) is -0.928. The van der Waals surface area contributed by atoms with Crippen LogP contribution in [0.4, 0.5) is 11.4 Å². The molecule has 1 N–H and O–H groups in total. The fourth-order valence-corrected chi connectivity index (χ4v) is 3.32. The van der Waals surface area contributed by atoms with Crippen molar-refractivity contribution in [2.75, 3.05) is 5.32 Å². The summed E-state index contributed by atoms with van der Waals surface area (Å²) in [5.41, 5.74) is 2.22. The first-order valence-electron chi connectivity index (χ1n) is 8.96. The molecule has 0 saturated carbocycles. The summed E-state index contributed by atoms with van der Waals surface area (Å²) in [6, 6.07) is 20.0. The van der Waals surface area contributed by atoms with Crippen LogP contribution in [0, 0.1) is 10.1 Å². The topological polar surface area (TPSA) is 98.5 Å². The molecule has 0 aromatic heterocycles. The second-order valence-corrected chi connectivity index (χ2v) is 6.61. The maximum atomic E-state index is 12.7. The Hall–Kier alpha value is -4.00. The zero-order valence-electron chi connectivity index (χ0n) is 15.2. The molecule has 1 atom stereocenters. The highest BCUT2D eigenvalue weighted by molar-refractivity contribution is 6.06. The number of para-hydroxylation sites is 2. The van der Waals surface area contributed by atoms with Gasteiger partial charge in [0.2, 0.25) is 0 Å². The van der Waals surface area contributed by atoms with E-state index in [9.17, 15) is 19.7 Å². The van der Waals surface area contributed by atoms with Crippen LogP contribution >= 0.6 is 0 Å². The number of amides is 1. The van der Waals surface area contributed by atoms with E-state index in [1.54, 1.807) is 18.2 Å². The standard InChI is InChI=1S/C22H16N2O5/c25-21(23-18-8-4-5-9-19(18)24(27)28)15-10-11-17-16(12-15)13-20(29-22(17)26)14-6-2-1-3-7-14/h1-12,20H,13H2,(H,23,25)/t20-/m0/s1. The predicted molar refractivity (Wildman–Crippen MR) is 106 cm³/mol. The molecule has 0 bridgehead atoms. The number of nitro benzene ring substituents is 1. The number of cyclic esters (lactones) is 1. The lowest BCUT2D eigenvalue weighted by Crippen LogP contribution is -2.23. The van der Waals surface area contributed by atoms with Gasteiger partial charge in [-0.2, -0.15) is 0 Å². The van der Waals surface area contributed by atoms with Crippen molar-refractivity contribution in [3.63, 3.8) is 0 Å². The summed E-state index contributed by atoms with van der Waals surface area (Å²) >= 11 is 0. The van der Waals surface area contributed by atoms with Gasteiger partial charge in [-0.25, -0.2) is 4.79 Å². The van der Waals surface area contributed by atoms with E-state index in [0.29, 0.717) is 23.1 Å². The molecule has 3 aromatic rings. The number of nitro groups is 1. The minimum absolute atomic E-state index is 0.113. The van der Waals surface area contributed by atoms with Crippen molar-refractivity contribution in [1.82, 2.24) is 0 Å². The molecule has 1 amide bonds. The van der Waals surface area contributed by atoms with Crippen molar-refractivity contribution in [3.8, 4) is 0 Å². The van der Waals surface area contributed by atoms with Crippen LogP contribution in [0.1, 0.15) is 37.9 Å². The Labute approximate surface area is 166 Å². The lowest BCUT2D eigenvalue weighted by molar-refractivity contribution is -0.383.